The lowest BCUT2D eigenvalue weighted by Crippen LogP contribution is -2.45. The second-order valence-electron chi connectivity index (χ2n) is 40.4. The number of morpholine rings is 1. The molecule has 1 aliphatic heterocycles. The van der Waals surface area contributed by atoms with Gasteiger partial charge < -0.3 is 46.4 Å². The number of halogens is 8. The van der Waals surface area contributed by atoms with E-state index in [2.05, 4.69) is 108 Å². The first-order chi connectivity index (χ1) is 68.6. The van der Waals surface area contributed by atoms with Crippen LogP contribution in [-0.4, -0.2) is 123 Å². The van der Waals surface area contributed by atoms with Gasteiger partial charge >= 0.3 is 6.36 Å². The van der Waals surface area contributed by atoms with Crippen molar-refractivity contribution in [3.8, 4) is 11.5 Å². The van der Waals surface area contributed by atoms with Crippen molar-refractivity contribution >= 4 is 72.2 Å². The molecule has 6 aromatic carbocycles. The molecule has 7 aliphatic rings. The van der Waals surface area contributed by atoms with Gasteiger partial charge in [-0.25, -0.2) is 22.0 Å². The zero-order valence-corrected chi connectivity index (χ0v) is 98.7. The molecule has 6 unspecified atom stereocenters. The van der Waals surface area contributed by atoms with E-state index in [9.17, 15) is 87.7 Å². The highest BCUT2D eigenvalue weighted by Crippen LogP contribution is 2.33. The van der Waals surface area contributed by atoms with E-state index < -0.39 is 90.3 Å². The average Bonchev–Trinajstić information content (AvgIpc) is 0.844. The third-order valence-corrected chi connectivity index (χ3v) is 29.3. The summed E-state index contributed by atoms with van der Waals surface area (Å²) in [5, 5.41) is -1.39. The lowest BCUT2D eigenvalue weighted by molar-refractivity contribution is -0.274. The summed E-state index contributed by atoms with van der Waals surface area (Å²) in [6, 6.07) is 38.1. The maximum absolute atomic E-state index is 12.6. The van der Waals surface area contributed by atoms with E-state index in [-0.39, 0.29) is 60.9 Å². The van der Waals surface area contributed by atoms with E-state index in [4.69, 9.17) is 9.47 Å². The third-order valence-electron chi connectivity index (χ3n) is 24.7. The van der Waals surface area contributed by atoms with Gasteiger partial charge in [0.2, 0.25) is 0 Å². The van der Waals surface area contributed by atoms with Gasteiger partial charge in [0.1, 0.15) is 40.6 Å². The van der Waals surface area contributed by atoms with Crippen molar-refractivity contribution in [1.29, 1.82) is 0 Å². The molecule has 848 valence electrons. The van der Waals surface area contributed by atoms with Crippen molar-refractivity contribution in [2.24, 2.45) is 41.4 Å². The Morgan fingerprint density at radius 1 is 0.336 bits per heavy atom. The van der Waals surface area contributed by atoms with Crippen molar-refractivity contribution in [3.05, 3.63) is 196 Å². The van der Waals surface area contributed by atoms with E-state index in [0.29, 0.717) is 24.3 Å². The van der Waals surface area contributed by atoms with Crippen LogP contribution >= 0.6 is 0 Å². The van der Waals surface area contributed by atoms with Gasteiger partial charge in [0, 0.05) is 68.0 Å². The Morgan fingerprint density at radius 2 is 0.630 bits per heavy atom. The van der Waals surface area contributed by atoms with Gasteiger partial charge in [-0.1, -0.05) is 479 Å². The first-order valence-corrected chi connectivity index (χ1v) is 60.5. The van der Waals surface area contributed by atoms with E-state index in [0.717, 1.165) is 103 Å². The molecule has 146 heavy (non-hydrogen) atoms. The molecular weight excluding hydrogens is 1990 g/mol. The van der Waals surface area contributed by atoms with Crippen LogP contribution in [0.2, 0.25) is 0 Å². The van der Waals surface area contributed by atoms with Crippen molar-refractivity contribution in [2.45, 2.75) is 454 Å². The molecule has 0 spiro atoms. The van der Waals surface area contributed by atoms with Crippen molar-refractivity contribution in [1.82, 2.24) is 0 Å². The highest BCUT2D eigenvalue weighted by Gasteiger charge is 2.31. The molecular formula is C116H191F8NO15S6-6. The largest absolute Gasteiger partial charge is 0.772 e. The number of aryl methyl sites for hydroxylation is 5. The standard InChI is InChI=1S/C21H33NO.C9H9F3O.C9H12O.C8H7F3.2C8H9F.5C7H14.6C3H8O2S/c1-16-4-6-19(7-5-16)8-9-20-10-12-21(13-11-20)22-14-17(2)23-18(3)15-22;1-2-7-3-5-8(6-4-7)13-9(10,11)12;1-3-8-4-6-9(10-2)7-5-8;1-2-6-7(10)3-5(9)4-8(6)11;1-2-7-4-3-5-8(9)6-7;1-2-7-5-3-4-6-8(7)9;5*1-7-5-3-2-4-6-7;6*1-3(2)6(4)5/h10-13,16-19H,4-9,14-15H2,1-3H3;3-6H,2H2,1H3;4-7H,3H2,1-2H3;3-4H,2H2,1H3;2*3-6H,2H2,1H3;5*7H,2-6H2,1H3;6*3H,1-2H3,(H,4,5)/p-6/t16?,17-,18+,19?;;;;;;;;;;;;;;;;. The highest BCUT2D eigenvalue weighted by atomic mass is 32.2. The fourth-order valence-corrected chi connectivity index (χ4v) is 15.0. The number of benzene rings is 6. The Morgan fingerprint density at radius 3 is 0.870 bits per heavy atom. The first-order valence-electron chi connectivity index (χ1n) is 53.7. The van der Waals surface area contributed by atoms with Gasteiger partial charge in [0.05, 0.1) is 19.3 Å². The molecule has 1 heterocycles. The molecule has 6 aliphatic carbocycles. The Labute approximate surface area is 896 Å². The summed E-state index contributed by atoms with van der Waals surface area (Å²) in [6.45, 7) is 49.7. The van der Waals surface area contributed by atoms with Gasteiger partial charge in [0.25, 0.3) is 0 Å². The van der Waals surface area contributed by atoms with Crippen LogP contribution in [0.15, 0.2) is 133 Å². The van der Waals surface area contributed by atoms with Gasteiger partial charge in [-0.15, -0.1) is 13.2 Å². The number of hydrogen-bond acceptors (Lipinski definition) is 16. The monoisotopic (exact) mass is 2180 g/mol. The van der Waals surface area contributed by atoms with Crippen LogP contribution in [-0.2, 0) is 110 Å². The summed E-state index contributed by atoms with van der Waals surface area (Å²) >= 11 is -11.2. The summed E-state index contributed by atoms with van der Waals surface area (Å²) in [4.78, 5) is 2.46. The number of ether oxygens (including phenoxy) is 3. The van der Waals surface area contributed by atoms with Crippen molar-refractivity contribution < 1.29 is 102 Å². The van der Waals surface area contributed by atoms with E-state index in [1.165, 1.54) is 240 Å². The lowest BCUT2D eigenvalue weighted by Gasteiger charge is -2.37. The fourth-order valence-electron chi connectivity index (χ4n) is 15.0. The second-order valence-corrected chi connectivity index (χ2v) is 49.2. The third kappa shape index (κ3) is 87.2. The predicted molar refractivity (Wildman–Crippen MR) is 596 cm³/mol. The Balaban J connectivity index is -0.000000748. The van der Waals surface area contributed by atoms with Crippen LogP contribution < -0.4 is 14.4 Å². The molecule has 16 nitrogen and oxygen atoms in total. The Kier molecular flexibility index (Phi) is 91.9. The van der Waals surface area contributed by atoms with Crippen LogP contribution in [0, 0.1) is 70.5 Å². The molecule has 0 bridgehead atoms. The maximum Gasteiger partial charge on any atom is 0.573 e. The SMILES string of the molecule is CC(C)S(=O)[O-].CC(C)S(=O)[O-].CC(C)S(=O)[O-].CC(C)S(=O)[O-].CC(C)S(=O)[O-].CC(C)S(=O)[O-].CC1CCC(CCc2ccc(N3C[C@@H](C)O[C@@H](C)C3)cc2)CC1.CC1CCCCC1.CC1CCCCC1.CC1CCCCC1.CC1CCCCC1.CC1CCCCC1.CCc1c(F)cc(F)cc1F.CCc1ccc(OC(F)(F)F)cc1.CCc1ccc(OC)cc1.CCc1cccc(F)c1.CCc1ccccc1F. The molecule has 30 heteroatoms. The minimum Gasteiger partial charge on any atom is -0.772 e. The van der Waals surface area contributed by atoms with Crippen LogP contribution in [0.1, 0.15) is 399 Å². The quantitative estimate of drug-likeness (QED) is 0.0606. The normalized spacial score (nSPS) is 18.5. The van der Waals surface area contributed by atoms with Crippen LogP contribution in [0.3, 0.4) is 0 Å². The smallest absolute Gasteiger partial charge is 0.573 e. The molecule has 0 radical (unpaired) electrons. The van der Waals surface area contributed by atoms with Gasteiger partial charge in [-0.05, 0) is 183 Å². The summed E-state index contributed by atoms with van der Waals surface area (Å²) < 4.78 is 229. The molecule has 0 aromatic heterocycles. The van der Waals surface area contributed by atoms with Crippen LogP contribution in [0.4, 0.5) is 40.8 Å². The zero-order valence-electron chi connectivity index (χ0n) is 93.8. The van der Waals surface area contributed by atoms with Gasteiger partial charge in [-0.2, -0.15) is 0 Å². The topological polar surface area (TPSA) is 272 Å². The fraction of sp³-hybridized carbons (Fsp3) is 0.690. The molecule has 8 atom stereocenters. The summed E-state index contributed by atoms with van der Waals surface area (Å²) in [7, 11) is 1.68. The zero-order chi connectivity index (χ0) is 112. The maximum atomic E-state index is 12.6. The number of alkyl halides is 3. The van der Waals surface area contributed by atoms with Crippen molar-refractivity contribution in [3.63, 3.8) is 0 Å². The average molecular weight is 2180 g/mol. The molecule has 1 saturated heterocycles. The summed E-state index contributed by atoms with van der Waals surface area (Å²) in [6.07, 6.45) is 45.4. The summed E-state index contributed by atoms with van der Waals surface area (Å²) in [5.74, 6) is 5.11. The minimum absolute atomic E-state index is 0.0635. The Hall–Kier alpha value is -5.22. The molecule has 0 amide bonds. The van der Waals surface area contributed by atoms with Crippen LogP contribution in [0.5, 0.6) is 11.5 Å². The number of anilines is 1. The van der Waals surface area contributed by atoms with Crippen LogP contribution in [0.25, 0.3) is 0 Å². The van der Waals surface area contributed by atoms with E-state index in [1.807, 2.05) is 45.0 Å². The first kappa shape index (κ1) is 147. The molecule has 7 fully saturated rings. The second kappa shape index (κ2) is 91.2. The predicted octanol–water partition coefficient (Wildman–Crippen LogP) is 32.5. The summed E-state index contributed by atoms with van der Waals surface area (Å²) in [5.41, 5.74) is 6.96. The molecule has 6 saturated carbocycles. The number of methoxy groups -OCH3 is 1. The van der Waals surface area contributed by atoms with E-state index >= 15 is 0 Å². The number of rotatable bonds is 17. The molecule has 0 N–H and O–H groups in total. The molecule has 6 aromatic rings. The highest BCUT2D eigenvalue weighted by molar-refractivity contribution is 7.80. The van der Waals surface area contributed by atoms with Gasteiger partial charge in [-0.3, -0.25) is 25.3 Å². The lowest BCUT2D eigenvalue weighted by atomic mass is 9.80. The number of nitrogens with zero attached hydrogens (tertiary/aromatic N) is 1. The number of hydrogen-bond donors (Lipinski definition) is 0. The van der Waals surface area contributed by atoms with E-state index in [1.54, 1.807) is 134 Å². The molecule has 13 rings (SSSR count). The van der Waals surface area contributed by atoms with Gasteiger partial charge in [0.15, 0.2) is 0 Å². The van der Waals surface area contributed by atoms with Crippen molar-refractivity contribution in [2.75, 3.05) is 25.1 Å². The minimum atomic E-state index is -4.60. The Bertz CT molecular complexity index is 3950.